The molecule has 0 radical (unpaired) electrons. The Kier molecular flexibility index (Phi) is 20.1. The minimum Gasteiger partial charge on any atom is -0.343 e. The molecule has 6 aromatic rings. The van der Waals surface area contributed by atoms with Gasteiger partial charge in [0.1, 0.15) is 22.1 Å². The molecule has 8 heterocycles. The number of likely N-dealkylation sites (N-methyl/N-ethyl adjacent to an activating group) is 2. The highest BCUT2D eigenvalue weighted by Crippen LogP contribution is 2.40. The molecule has 22 heteroatoms. The summed E-state index contributed by atoms with van der Waals surface area (Å²) < 4.78 is 1.93. The summed E-state index contributed by atoms with van der Waals surface area (Å²) in [5.41, 5.74) is 5.05. The highest BCUT2D eigenvalue weighted by atomic mass is 32.1. The third-order valence-electron chi connectivity index (χ3n) is 17.4. The molecule has 84 heavy (non-hydrogen) atoms. The lowest BCUT2D eigenvalue weighted by molar-refractivity contribution is -0.139. The van der Waals surface area contributed by atoms with Crippen molar-refractivity contribution in [2.75, 3.05) is 66.5 Å². The Balaban J connectivity index is 0.646. The number of carbonyl (C=O) groups excluding carboxylic acids is 6. The number of nitrogens with one attached hydrogen (secondary N) is 6. The van der Waals surface area contributed by atoms with Crippen LogP contribution in [0.25, 0.3) is 43.2 Å². The van der Waals surface area contributed by atoms with Crippen LogP contribution >= 0.6 is 22.7 Å². The van der Waals surface area contributed by atoms with Crippen molar-refractivity contribution in [3.63, 3.8) is 0 Å². The summed E-state index contributed by atoms with van der Waals surface area (Å²) in [6.07, 6.45) is 8.86. The van der Waals surface area contributed by atoms with Crippen molar-refractivity contribution in [2.24, 2.45) is 11.8 Å². The van der Waals surface area contributed by atoms with E-state index in [-0.39, 0.29) is 59.6 Å². The average Bonchev–Trinajstić information content (AvgIpc) is 2.83. The first-order valence-electron chi connectivity index (χ1n) is 30.1. The topological polar surface area (TPSA) is 239 Å². The normalized spacial score (nSPS) is 19.3. The Morgan fingerprint density at radius 3 is 1.27 bits per heavy atom. The van der Waals surface area contributed by atoms with E-state index in [0.29, 0.717) is 89.3 Å². The predicted molar refractivity (Wildman–Crippen MR) is 328 cm³/mol. The Labute approximate surface area is 499 Å². The first-order valence-corrected chi connectivity index (χ1v) is 31.8. The summed E-state index contributed by atoms with van der Waals surface area (Å²) >= 11 is 3.13. The van der Waals surface area contributed by atoms with Gasteiger partial charge in [-0.15, -0.1) is 22.7 Å². The molecule has 4 aromatic heterocycles. The second-order valence-electron chi connectivity index (χ2n) is 22.8. The Morgan fingerprint density at radius 1 is 0.500 bits per heavy atom. The van der Waals surface area contributed by atoms with Gasteiger partial charge < -0.3 is 51.5 Å². The van der Waals surface area contributed by atoms with Crippen LogP contribution in [0.1, 0.15) is 113 Å². The van der Waals surface area contributed by atoms with Gasteiger partial charge in [0, 0.05) is 63.5 Å². The molecule has 8 amide bonds. The lowest BCUT2D eigenvalue weighted by atomic mass is 9.88. The molecular weight excluding hydrogens is 1100 g/mol. The van der Waals surface area contributed by atoms with Crippen molar-refractivity contribution in [2.45, 2.75) is 127 Å². The van der Waals surface area contributed by atoms with Gasteiger partial charge in [-0.25, -0.2) is 29.5 Å². The van der Waals surface area contributed by atoms with Crippen LogP contribution in [0.4, 0.5) is 9.59 Å². The van der Waals surface area contributed by atoms with Crippen molar-refractivity contribution >= 4 is 79.1 Å². The lowest BCUT2D eigenvalue weighted by Crippen LogP contribution is -2.57. The number of carbonyl (C=O) groups is 6. The Bertz CT molecular complexity index is 3030. The van der Waals surface area contributed by atoms with Gasteiger partial charge in [-0.05, 0) is 128 Å². The first-order chi connectivity index (χ1) is 40.9. The molecule has 4 fully saturated rings. The van der Waals surface area contributed by atoms with Crippen LogP contribution in [0.5, 0.6) is 0 Å². The van der Waals surface area contributed by atoms with E-state index in [1.165, 1.54) is 0 Å². The zero-order chi connectivity index (χ0) is 58.7. The monoisotopic (exact) mass is 1180 g/mol. The molecule has 2 aromatic carbocycles. The van der Waals surface area contributed by atoms with Crippen molar-refractivity contribution in [1.82, 2.24) is 71.4 Å². The number of likely N-dealkylation sites (tertiary alicyclic amines) is 4. The van der Waals surface area contributed by atoms with Crippen LogP contribution in [0, 0.1) is 11.8 Å². The number of fused-ring (bicyclic) bond motifs is 2. The third kappa shape index (κ3) is 14.2. The molecule has 0 saturated carbocycles. The predicted octanol–water partition coefficient (Wildman–Crippen LogP) is 7.65. The van der Waals surface area contributed by atoms with Crippen LogP contribution in [-0.2, 0) is 19.2 Å². The first kappa shape index (κ1) is 60.0. The summed E-state index contributed by atoms with van der Waals surface area (Å²) in [6.45, 7) is 7.62. The average molecular weight is 1180 g/mol. The number of thiazole rings is 2. The highest BCUT2D eigenvalue weighted by Gasteiger charge is 2.43. The Hall–Kier alpha value is -7.14. The van der Waals surface area contributed by atoms with Crippen LogP contribution in [0.3, 0.4) is 0 Å². The Morgan fingerprint density at radius 2 is 0.893 bits per heavy atom. The molecule has 6 N–H and O–H groups in total. The lowest BCUT2D eigenvalue weighted by Gasteiger charge is -2.38. The molecule has 0 aliphatic carbocycles. The number of rotatable bonds is 21. The van der Waals surface area contributed by atoms with E-state index in [0.717, 1.165) is 93.3 Å². The molecular formula is C62H80N14O6S2. The largest absolute Gasteiger partial charge is 0.343 e. The van der Waals surface area contributed by atoms with E-state index >= 15 is 0 Å². The molecule has 4 saturated heterocycles. The summed E-state index contributed by atoms with van der Waals surface area (Å²) in [5, 5.41) is 20.1. The summed E-state index contributed by atoms with van der Waals surface area (Å²) in [5.74, 6) is -1.00. The number of pyridine rings is 2. The van der Waals surface area contributed by atoms with Crippen LogP contribution < -0.4 is 31.9 Å². The van der Waals surface area contributed by atoms with Gasteiger partial charge >= 0.3 is 12.1 Å². The number of hydrogen-bond donors (Lipinski definition) is 6. The van der Waals surface area contributed by atoms with Gasteiger partial charge in [0.05, 0.1) is 45.0 Å². The van der Waals surface area contributed by atoms with Crippen molar-refractivity contribution in [1.29, 1.82) is 0 Å². The zero-order valence-corrected chi connectivity index (χ0v) is 50.3. The maximum absolute atomic E-state index is 14.7. The van der Waals surface area contributed by atoms with E-state index in [1.807, 2.05) is 94.7 Å². The minimum absolute atomic E-state index is 0.110. The van der Waals surface area contributed by atoms with E-state index in [2.05, 4.69) is 31.9 Å². The smallest absolute Gasteiger partial charge is 0.317 e. The summed E-state index contributed by atoms with van der Waals surface area (Å²) in [4.78, 5) is 110. The van der Waals surface area contributed by atoms with Gasteiger partial charge in [-0.2, -0.15) is 0 Å². The maximum atomic E-state index is 14.7. The number of unbranched alkanes of at least 4 members (excludes halogenated alkanes) is 3. The number of hydrogen-bond acceptors (Lipinski definition) is 14. The van der Waals surface area contributed by atoms with Gasteiger partial charge in [-0.1, -0.05) is 73.5 Å². The minimum atomic E-state index is -0.740. The molecule has 4 aliphatic rings. The van der Waals surface area contributed by atoms with Gasteiger partial charge in [0.2, 0.25) is 23.6 Å². The SMILES string of the molecule is CN[C@@H](C)C(=O)NC(C(=O)N1CCC[C@@H]1c1nc2nc(-c3ccccc3)ccc2s1)C1CCN(C(=O)NCCCCCCNC(=O)N2CCC([C@H](NC(=O)[C@H](C)NC)C(=O)N3CCC[C@H]3c3nc4nc(-c5ccccc5)ccc4s3)CC2)CC1. The molecule has 4 aliphatic heterocycles. The molecule has 10 rings (SSSR count). The van der Waals surface area contributed by atoms with Crippen LogP contribution in [0.2, 0.25) is 0 Å². The van der Waals surface area contributed by atoms with E-state index in [4.69, 9.17) is 19.9 Å². The second-order valence-corrected chi connectivity index (χ2v) is 24.9. The molecule has 6 atom stereocenters. The second kappa shape index (κ2) is 28.2. The number of amides is 8. The fourth-order valence-corrected chi connectivity index (χ4v) is 14.2. The highest BCUT2D eigenvalue weighted by molar-refractivity contribution is 7.18. The molecule has 20 nitrogen and oxygen atoms in total. The van der Waals surface area contributed by atoms with E-state index < -0.39 is 24.2 Å². The molecule has 446 valence electrons. The number of urea groups is 2. The molecule has 1 unspecified atom stereocenters. The quantitative estimate of drug-likeness (QED) is 0.0381. The van der Waals surface area contributed by atoms with Crippen molar-refractivity contribution in [3.05, 3.63) is 94.9 Å². The summed E-state index contributed by atoms with van der Waals surface area (Å²) in [6, 6.07) is 25.0. The molecule has 0 spiro atoms. The fourth-order valence-electron chi connectivity index (χ4n) is 12.1. The van der Waals surface area contributed by atoms with Crippen molar-refractivity contribution in [3.8, 4) is 22.5 Å². The van der Waals surface area contributed by atoms with E-state index in [1.54, 1.807) is 60.4 Å². The number of aromatic nitrogens is 4. The van der Waals surface area contributed by atoms with Gasteiger partial charge in [0.25, 0.3) is 0 Å². The number of piperidine rings is 2. The third-order valence-corrected chi connectivity index (χ3v) is 19.6. The van der Waals surface area contributed by atoms with E-state index in [9.17, 15) is 28.8 Å². The molecule has 0 bridgehead atoms. The number of nitrogens with zero attached hydrogens (tertiary/aromatic N) is 8. The fraction of sp³-hybridized carbons (Fsp3) is 0.516. The van der Waals surface area contributed by atoms with Gasteiger partial charge in [0.15, 0.2) is 11.3 Å². The maximum Gasteiger partial charge on any atom is 0.317 e. The number of benzene rings is 2. The van der Waals surface area contributed by atoms with Gasteiger partial charge in [-0.3, -0.25) is 19.2 Å². The summed E-state index contributed by atoms with van der Waals surface area (Å²) in [7, 11) is 3.45. The standard InChI is InChI=1S/C62H80N14O6S2/c1-39(63-3)55(77)69-51(59(79)75-33-15-21-47(75)57-71-53-49(83-57)25-23-45(67-53)41-17-9-7-10-18-41)43-27-35-73(36-28-43)61(81)65-31-13-5-6-14-32-66-62(82)74-37-29-44(30-38-74)52(70-56(78)40(2)64-4)60(80)76-34-16-22-48(76)58-72-54-50(84-58)26-24-46(68-54)42-19-11-8-12-20-42/h7-12,17-20,23-26,39-40,43-44,47-48,51-52,63-64H,5-6,13-16,21-22,27-38H2,1-4H3,(H,65,81)(H,66,82)(H,69,77)(H,70,78)/t39-,40-,47-,48+,51-,52?/m0/s1. The van der Waals surface area contributed by atoms with Crippen LogP contribution in [-0.4, -0.2) is 166 Å². The zero-order valence-electron chi connectivity index (χ0n) is 48.7. The van der Waals surface area contributed by atoms with Crippen LogP contribution in [0.15, 0.2) is 84.9 Å². The van der Waals surface area contributed by atoms with Crippen molar-refractivity contribution < 1.29 is 28.8 Å².